The summed E-state index contributed by atoms with van der Waals surface area (Å²) in [5, 5.41) is 7.02. The van der Waals surface area contributed by atoms with E-state index in [0.717, 1.165) is 0 Å². The van der Waals surface area contributed by atoms with E-state index in [1.807, 2.05) is 0 Å². The van der Waals surface area contributed by atoms with Gasteiger partial charge in [-0.3, -0.25) is 9.29 Å². The van der Waals surface area contributed by atoms with Crippen LogP contribution >= 0.6 is 11.6 Å². The number of ether oxygens (including phenoxy) is 3. The van der Waals surface area contributed by atoms with Gasteiger partial charge in [-0.2, -0.15) is 9.97 Å². The van der Waals surface area contributed by atoms with Crippen LogP contribution in [0.2, 0.25) is 5.02 Å². The summed E-state index contributed by atoms with van der Waals surface area (Å²) in [6, 6.07) is 0. The zero-order valence-corrected chi connectivity index (χ0v) is 21.6. The van der Waals surface area contributed by atoms with Gasteiger partial charge in [-0.25, -0.2) is 27.2 Å². The molecule has 0 aliphatic heterocycles. The number of nitrogens with one attached hydrogen (secondary N) is 1. The van der Waals surface area contributed by atoms with Crippen LogP contribution in [0, 0.1) is 5.92 Å². The van der Waals surface area contributed by atoms with Gasteiger partial charge in [0.2, 0.25) is 34.2 Å². The van der Waals surface area contributed by atoms with Crippen molar-refractivity contribution in [3.63, 3.8) is 0 Å². The lowest BCUT2D eigenvalue weighted by Gasteiger charge is -2.22. The Morgan fingerprint density at radius 2 is 1.70 bits per heavy atom. The Bertz CT molecular complexity index is 1340. The third kappa shape index (κ3) is 5.26. The lowest BCUT2D eigenvalue weighted by Crippen LogP contribution is -2.33. The molecule has 1 fully saturated rings. The first-order valence-corrected chi connectivity index (χ1v) is 12.7. The van der Waals surface area contributed by atoms with E-state index in [-0.39, 0.29) is 46.5 Å². The first kappa shape index (κ1) is 26.8. The molecule has 17 heteroatoms. The second-order valence-corrected chi connectivity index (χ2v) is 10.5. The zero-order chi connectivity index (χ0) is 26.9. The quantitative estimate of drug-likeness (QED) is 0.367. The van der Waals surface area contributed by atoms with Crippen molar-refractivity contribution in [1.82, 2.24) is 34.7 Å². The molecule has 1 saturated carbocycles. The maximum Gasteiger partial charge on any atom is 0.245 e. The molecule has 37 heavy (non-hydrogen) atoms. The van der Waals surface area contributed by atoms with E-state index in [1.165, 1.54) is 51.5 Å². The predicted molar refractivity (Wildman–Crippen MR) is 126 cm³/mol. The summed E-state index contributed by atoms with van der Waals surface area (Å²) >= 11 is 5.83. The molecule has 13 nitrogen and oxygen atoms in total. The molecule has 0 spiro atoms. The highest BCUT2D eigenvalue weighted by Gasteiger charge is 2.49. The molecule has 4 atom stereocenters. The topological polar surface area (TPSA) is 156 Å². The van der Waals surface area contributed by atoms with Crippen LogP contribution < -0.4 is 14.2 Å². The number of hydrogen-bond acceptors (Lipinski definition) is 11. The Morgan fingerprint density at radius 1 is 1.08 bits per heavy atom. The van der Waals surface area contributed by atoms with Gasteiger partial charge in [0, 0.05) is 31.3 Å². The second kappa shape index (κ2) is 10.6. The van der Waals surface area contributed by atoms with Crippen LogP contribution in [0.4, 0.5) is 14.7 Å². The summed E-state index contributed by atoms with van der Waals surface area (Å²) in [7, 11) is -0.289. The fourth-order valence-corrected chi connectivity index (χ4v) is 5.04. The zero-order valence-electron chi connectivity index (χ0n) is 20.0. The van der Waals surface area contributed by atoms with Crippen molar-refractivity contribution in [2.45, 2.75) is 37.0 Å². The Balaban J connectivity index is 1.77. The van der Waals surface area contributed by atoms with Gasteiger partial charge >= 0.3 is 0 Å². The van der Waals surface area contributed by atoms with Gasteiger partial charge in [0.25, 0.3) is 0 Å². The van der Waals surface area contributed by atoms with Crippen LogP contribution in [0.5, 0.6) is 11.8 Å². The molecule has 200 valence electrons. The fraction of sp³-hybridized carbons (Fsp3) is 0.500. The van der Waals surface area contributed by atoms with Crippen LogP contribution in [-0.2, 0) is 14.8 Å². The Hall–Kier alpha value is -3.24. The van der Waals surface area contributed by atoms with Gasteiger partial charge in [0.1, 0.15) is 23.5 Å². The van der Waals surface area contributed by atoms with E-state index in [4.69, 9.17) is 25.8 Å². The van der Waals surface area contributed by atoms with E-state index < -0.39 is 39.6 Å². The summed E-state index contributed by atoms with van der Waals surface area (Å²) < 4.78 is 73.3. The predicted octanol–water partition coefficient (Wildman–Crippen LogP) is 2.40. The monoisotopic (exact) mass is 560 g/mol. The molecule has 4 rings (SSSR count). The number of alkyl halides is 2. The first-order valence-electron chi connectivity index (χ1n) is 10.8. The molecule has 1 aliphatic carbocycles. The number of nitrogens with zero attached hydrogens (tertiary/aromatic N) is 7. The summed E-state index contributed by atoms with van der Waals surface area (Å²) in [5.74, 6) is -1.82. The van der Waals surface area contributed by atoms with Gasteiger partial charge in [-0.05, 0) is 13.3 Å². The first-order chi connectivity index (χ1) is 17.6. The number of methoxy groups -OCH3 is 3. The van der Waals surface area contributed by atoms with Gasteiger partial charge < -0.3 is 14.2 Å². The van der Waals surface area contributed by atoms with Gasteiger partial charge in [-0.1, -0.05) is 11.6 Å². The number of halogens is 3. The van der Waals surface area contributed by atoms with Gasteiger partial charge in [0.15, 0.2) is 11.5 Å². The normalized spacial score (nSPS) is 18.9. The molecule has 0 amide bonds. The molecule has 0 bridgehead atoms. The minimum atomic E-state index is -4.26. The molecule has 3 heterocycles. The molecule has 1 N–H and O–H groups in total. The number of anilines is 1. The molecule has 0 aromatic carbocycles. The highest BCUT2D eigenvalue weighted by Crippen LogP contribution is 2.51. The minimum absolute atomic E-state index is 0.0139. The smallest absolute Gasteiger partial charge is 0.245 e. The summed E-state index contributed by atoms with van der Waals surface area (Å²) in [6.07, 6.45) is 0.264. The molecular weight excluding hydrogens is 538 g/mol. The van der Waals surface area contributed by atoms with Crippen LogP contribution in [0.1, 0.15) is 37.0 Å². The van der Waals surface area contributed by atoms with Crippen molar-refractivity contribution in [2.75, 3.05) is 26.1 Å². The number of sulfonamides is 1. The van der Waals surface area contributed by atoms with Crippen LogP contribution in [-0.4, -0.2) is 76.1 Å². The third-order valence-electron chi connectivity index (χ3n) is 5.85. The highest BCUT2D eigenvalue weighted by atomic mass is 35.5. The van der Waals surface area contributed by atoms with Crippen molar-refractivity contribution in [2.24, 2.45) is 5.92 Å². The van der Waals surface area contributed by atoms with Crippen LogP contribution in [0.25, 0.3) is 5.69 Å². The van der Waals surface area contributed by atoms with Crippen molar-refractivity contribution >= 4 is 27.6 Å². The Labute approximate surface area is 215 Å². The lowest BCUT2D eigenvalue weighted by atomic mass is 10.2. The van der Waals surface area contributed by atoms with E-state index in [1.54, 1.807) is 0 Å². The van der Waals surface area contributed by atoms with Crippen LogP contribution in [0.15, 0.2) is 18.7 Å². The molecular formula is C20H23ClF2N8O5S. The van der Waals surface area contributed by atoms with Gasteiger partial charge in [0.05, 0.1) is 19.2 Å². The minimum Gasteiger partial charge on any atom is -0.479 e. The maximum absolute atomic E-state index is 13.4. The van der Waals surface area contributed by atoms with Crippen LogP contribution in [0.3, 0.4) is 0 Å². The molecule has 3 aromatic heterocycles. The van der Waals surface area contributed by atoms with Crippen molar-refractivity contribution in [1.29, 1.82) is 0 Å². The molecule has 0 unspecified atom stereocenters. The van der Waals surface area contributed by atoms with E-state index >= 15 is 0 Å². The number of aromatic nitrogens is 7. The number of hydrogen-bond donors (Lipinski definition) is 1. The third-order valence-corrected chi connectivity index (χ3v) is 7.74. The standard InChI is InChI=1S/C20H23ClF2N8O5S/c1-9(14(34-2)16-24-6-10(21)7-25-16)37(32,33)30-20-29-28-17(12-5-11(12)15(22)23)31(20)13-18(35-3)26-8-27-19(13)36-4/h6-9,11-12,14-15H,5H2,1-4H3,(H,29,30)/t9-,11-,12+,14-/m0/s1. The van der Waals surface area contributed by atoms with E-state index in [2.05, 4.69) is 34.9 Å². The SMILES string of the molecule is COc1ncnc(OC)c1-n1c(NS(=O)(=O)[C@@H](C)[C@H](OC)c2ncc(Cl)cn2)nnc1[C@@H]1C[C@@H]1C(F)F. The molecule has 1 aliphatic rings. The summed E-state index contributed by atoms with van der Waals surface area (Å²) in [6.45, 7) is 1.39. The van der Waals surface area contributed by atoms with Gasteiger partial charge in [-0.15, -0.1) is 10.2 Å². The molecule has 0 radical (unpaired) electrons. The summed E-state index contributed by atoms with van der Waals surface area (Å²) in [5.41, 5.74) is 0.0436. The second-order valence-electron chi connectivity index (χ2n) is 8.07. The van der Waals surface area contributed by atoms with E-state index in [9.17, 15) is 17.2 Å². The highest BCUT2D eigenvalue weighted by molar-refractivity contribution is 7.93. The largest absolute Gasteiger partial charge is 0.479 e. The molecule has 0 saturated heterocycles. The Kier molecular flexibility index (Phi) is 7.70. The van der Waals surface area contributed by atoms with Crippen molar-refractivity contribution in [3.05, 3.63) is 35.4 Å². The average molecular weight is 561 g/mol. The lowest BCUT2D eigenvalue weighted by molar-refractivity contribution is 0.0950. The number of rotatable bonds is 11. The average Bonchev–Trinajstić information content (AvgIpc) is 3.59. The summed E-state index contributed by atoms with van der Waals surface area (Å²) in [4.78, 5) is 16.2. The fourth-order valence-electron chi connectivity index (χ4n) is 3.81. The maximum atomic E-state index is 13.4. The van der Waals surface area contributed by atoms with Crippen molar-refractivity contribution < 1.29 is 31.4 Å². The van der Waals surface area contributed by atoms with Crippen molar-refractivity contribution in [3.8, 4) is 17.4 Å². The van der Waals surface area contributed by atoms with E-state index in [0.29, 0.717) is 0 Å². The Morgan fingerprint density at radius 3 is 2.22 bits per heavy atom. The molecule has 3 aromatic rings.